The molecule has 9 heteroatoms. The van der Waals surface area contributed by atoms with Crippen LogP contribution in [0.2, 0.25) is 0 Å². The highest BCUT2D eigenvalue weighted by Crippen LogP contribution is 2.46. The quantitative estimate of drug-likeness (QED) is 0.756. The second-order valence-corrected chi connectivity index (χ2v) is 10.1. The van der Waals surface area contributed by atoms with Crippen LogP contribution in [0.15, 0.2) is 4.52 Å². The molecule has 3 heterocycles. The highest BCUT2D eigenvalue weighted by Gasteiger charge is 2.56. The number of urea groups is 1. The minimum atomic E-state index is -0.874. The van der Waals surface area contributed by atoms with Gasteiger partial charge in [-0.25, -0.2) is 4.79 Å². The fourth-order valence-electron chi connectivity index (χ4n) is 5.74. The Labute approximate surface area is 176 Å². The number of carbonyl (C=O) groups is 3. The highest BCUT2D eigenvalue weighted by molar-refractivity contribution is 6.09. The van der Waals surface area contributed by atoms with Crippen LogP contribution in [-0.2, 0) is 9.59 Å². The normalized spacial score (nSPS) is 29.5. The van der Waals surface area contributed by atoms with E-state index >= 15 is 0 Å². The zero-order chi connectivity index (χ0) is 21.7. The molecule has 30 heavy (non-hydrogen) atoms. The van der Waals surface area contributed by atoms with Gasteiger partial charge >= 0.3 is 6.03 Å². The van der Waals surface area contributed by atoms with Crippen LogP contribution in [0.4, 0.5) is 4.79 Å². The van der Waals surface area contributed by atoms with Crippen LogP contribution in [0, 0.1) is 18.3 Å². The van der Waals surface area contributed by atoms with E-state index in [1.165, 1.54) is 0 Å². The van der Waals surface area contributed by atoms with Gasteiger partial charge in [-0.2, -0.15) is 4.98 Å². The van der Waals surface area contributed by atoms with E-state index in [1.807, 2.05) is 0 Å². The molecule has 2 saturated heterocycles. The number of nitrogens with zero attached hydrogens (tertiary/aromatic N) is 4. The van der Waals surface area contributed by atoms with Crippen molar-refractivity contribution in [2.45, 2.75) is 71.3 Å². The van der Waals surface area contributed by atoms with E-state index in [0.717, 1.165) is 24.2 Å². The van der Waals surface area contributed by atoms with Crippen molar-refractivity contribution < 1.29 is 18.9 Å². The molecule has 2 atom stereocenters. The lowest BCUT2D eigenvalue weighted by molar-refractivity contribution is -0.141. The molecule has 0 bridgehead atoms. The van der Waals surface area contributed by atoms with Crippen molar-refractivity contribution >= 4 is 17.8 Å². The molecule has 0 radical (unpaired) electrons. The van der Waals surface area contributed by atoms with Crippen LogP contribution in [0.3, 0.4) is 0 Å². The van der Waals surface area contributed by atoms with Crippen molar-refractivity contribution in [1.82, 2.24) is 25.3 Å². The molecule has 1 aliphatic carbocycles. The summed E-state index contributed by atoms with van der Waals surface area (Å²) >= 11 is 0. The molecule has 9 nitrogen and oxygen atoms in total. The first-order valence-corrected chi connectivity index (χ1v) is 10.8. The lowest BCUT2D eigenvalue weighted by Crippen LogP contribution is -2.54. The van der Waals surface area contributed by atoms with Crippen molar-refractivity contribution in [1.29, 1.82) is 0 Å². The Morgan fingerprint density at radius 2 is 1.93 bits per heavy atom. The topological polar surface area (TPSA) is 109 Å². The first kappa shape index (κ1) is 20.8. The molecule has 2 aliphatic heterocycles. The summed E-state index contributed by atoms with van der Waals surface area (Å²) in [5.41, 5.74) is -0.906. The van der Waals surface area contributed by atoms with Gasteiger partial charge in [0, 0.05) is 19.0 Å². The van der Waals surface area contributed by atoms with Crippen LogP contribution in [-0.4, -0.2) is 63.0 Å². The Bertz CT molecular complexity index is 857. The van der Waals surface area contributed by atoms with E-state index in [1.54, 1.807) is 11.8 Å². The molecule has 3 fully saturated rings. The summed E-state index contributed by atoms with van der Waals surface area (Å²) in [5, 5.41) is 6.77. The molecular weight excluding hydrogens is 386 g/mol. The summed E-state index contributed by atoms with van der Waals surface area (Å²) in [6.07, 6.45) is 3.70. The Morgan fingerprint density at radius 1 is 1.23 bits per heavy atom. The SMILES string of the molecule is Cc1noc(C2CCN(C(=O)CN3C(=O)NC4(CC(C)CC(C)(C)C4)C3=O)CC2)n1. The lowest BCUT2D eigenvalue weighted by atomic mass is 9.64. The summed E-state index contributed by atoms with van der Waals surface area (Å²) < 4.78 is 5.25. The van der Waals surface area contributed by atoms with Crippen LogP contribution in [0.25, 0.3) is 0 Å². The van der Waals surface area contributed by atoms with Gasteiger partial charge in [0.25, 0.3) is 5.91 Å². The number of carbonyl (C=O) groups excluding carboxylic acids is 3. The van der Waals surface area contributed by atoms with Crippen LogP contribution in [0.5, 0.6) is 0 Å². The number of rotatable bonds is 3. The fraction of sp³-hybridized carbons (Fsp3) is 0.762. The second kappa shape index (κ2) is 7.35. The third kappa shape index (κ3) is 3.81. The largest absolute Gasteiger partial charge is 0.341 e. The molecule has 2 unspecified atom stereocenters. The first-order valence-electron chi connectivity index (χ1n) is 10.8. The predicted octanol–water partition coefficient (Wildman–Crippen LogP) is 2.22. The molecule has 4 amide bonds. The predicted molar refractivity (Wildman–Crippen MR) is 107 cm³/mol. The van der Waals surface area contributed by atoms with Gasteiger partial charge in [-0.05, 0) is 50.4 Å². The first-order chi connectivity index (χ1) is 14.1. The average molecular weight is 418 g/mol. The molecular formula is C21H31N5O4. The molecule has 3 aliphatic rings. The molecule has 1 spiro atoms. The van der Waals surface area contributed by atoms with Gasteiger partial charge in [0.05, 0.1) is 0 Å². The third-order valence-electron chi connectivity index (χ3n) is 6.66. The van der Waals surface area contributed by atoms with Gasteiger partial charge in [0.1, 0.15) is 12.1 Å². The second-order valence-electron chi connectivity index (χ2n) is 10.1. The molecule has 1 aromatic heterocycles. The van der Waals surface area contributed by atoms with Crippen molar-refractivity contribution in [3.05, 3.63) is 11.7 Å². The minimum absolute atomic E-state index is 0.0321. The van der Waals surface area contributed by atoms with Gasteiger partial charge in [0.2, 0.25) is 11.8 Å². The summed E-state index contributed by atoms with van der Waals surface area (Å²) in [4.78, 5) is 45.8. The number of piperidine rings is 1. The van der Waals surface area contributed by atoms with E-state index in [-0.39, 0.29) is 29.7 Å². The number of amides is 4. The zero-order valence-corrected chi connectivity index (χ0v) is 18.2. The molecule has 1 saturated carbocycles. The van der Waals surface area contributed by atoms with Crippen LogP contribution in [0.1, 0.15) is 70.5 Å². The summed E-state index contributed by atoms with van der Waals surface area (Å²) in [6.45, 7) is 9.05. The van der Waals surface area contributed by atoms with Crippen LogP contribution >= 0.6 is 0 Å². The maximum absolute atomic E-state index is 13.2. The Hall–Kier alpha value is -2.45. The van der Waals surface area contributed by atoms with E-state index in [0.29, 0.717) is 43.6 Å². The van der Waals surface area contributed by atoms with Gasteiger partial charge in [-0.3, -0.25) is 14.5 Å². The lowest BCUT2D eigenvalue weighted by Gasteiger charge is -2.43. The number of hydrogen-bond acceptors (Lipinski definition) is 6. The number of nitrogens with one attached hydrogen (secondary N) is 1. The summed E-state index contributed by atoms with van der Waals surface area (Å²) in [7, 11) is 0. The Kier molecular flexibility index (Phi) is 5.10. The number of aromatic nitrogens is 2. The van der Waals surface area contributed by atoms with Crippen molar-refractivity contribution in [2.75, 3.05) is 19.6 Å². The van der Waals surface area contributed by atoms with E-state index < -0.39 is 11.6 Å². The van der Waals surface area contributed by atoms with Gasteiger partial charge in [-0.15, -0.1) is 0 Å². The van der Waals surface area contributed by atoms with Gasteiger partial charge in [0.15, 0.2) is 5.82 Å². The highest BCUT2D eigenvalue weighted by atomic mass is 16.5. The monoisotopic (exact) mass is 417 g/mol. The van der Waals surface area contributed by atoms with Gasteiger partial charge < -0.3 is 14.7 Å². The minimum Gasteiger partial charge on any atom is -0.341 e. The average Bonchev–Trinajstić information content (AvgIpc) is 3.17. The number of likely N-dealkylation sites (tertiary alicyclic amines) is 1. The number of imide groups is 1. The molecule has 4 rings (SSSR count). The summed E-state index contributed by atoms with van der Waals surface area (Å²) in [6, 6.07) is -0.450. The smallest absolute Gasteiger partial charge is 0.325 e. The van der Waals surface area contributed by atoms with Gasteiger partial charge in [-0.1, -0.05) is 25.9 Å². The summed E-state index contributed by atoms with van der Waals surface area (Å²) in [5.74, 6) is 1.25. The van der Waals surface area contributed by atoms with Crippen molar-refractivity contribution in [2.24, 2.45) is 11.3 Å². The Balaban J connectivity index is 1.38. The molecule has 164 valence electrons. The van der Waals surface area contributed by atoms with Crippen LogP contribution < -0.4 is 5.32 Å². The fourth-order valence-corrected chi connectivity index (χ4v) is 5.74. The zero-order valence-electron chi connectivity index (χ0n) is 18.2. The molecule has 0 aromatic carbocycles. The van der Waals surface area contributed by atoms with Crippen molar-refractivity contribution in [3.8, 4) is 0 Å². The Morgan fingerprint density at radius 3 is 2.53 bits per heavy atom. The molecule has 1 aromatic rings. The maximum Gasteiger partial charge on any atom is 0.325 e. The maximum atomic E-state index is 13.2. The standard InChI is InChI=1S/C21H31N5O4/c1-13-9-20(3,4)12-21(10-13)18(28)26(19(29)23-21)11-16(27)25-7-5-15(6-8-25)17-22-14(2)24-30-17/h13,15H,5-12H2,1-4H3,(H,23,29). The van der Waals surface area contributed by atoms with Crippen molar-refractivity contribution in [3.63, 3.8) is 0 Å². The molecule has 1 N–H and O–H groups in total. The number of hydrogen-bond donors (Lipinski definition) is 1. The number of aryl methyl sites for hydroxylation is 1. The van der Waals surface area contributed by atoms with E-state index in [2.05, 4.69) is 36.2 Å². The third-order valence-corrected chi connectivity index (χ3v) is 6.66. The van der Waals surface area contributed by atoms with E-state index in [4.69, 9.17) is 4.52 Å². The van der Waals surface area contributed by atoms with E-state index in [9.17, 15) is 14.4 Å².